The van der Waals surface area contributed by atoms with Crippen molar-refractivity contribution in [3.63, 3.8) is 0 Å². The van der Waals surface area contributed by atoms with Crippen molar-refractivity contribution < 1.29 is 0 Å². The number of piperidine rings is 1. The van der Waals surface area contributed by atoms with Crippen LogP contribution >= 0.6 is 0 Å². The molecule has 1 aliphatic carbocycles. The predicted octanol–water partition coefficient (Wildman–Crippen LogP) is 3.91. The summed E-state index contributed by atoms with van der Waals surface area (Å²) >= 11 is 0. The molecule has 2 nitrogen and oxygen atoms in total. The Hall–Kier alpha value is -0.0800. The molecule has 2 atom stereocenters. The summed E-state index contributed by atoms with van der Waals surface area (Å²) in [6, 6.07) is 0.699. The van der Waals surface area contributed by atoms with Crippen LogP contribution in [-0.4, -0.2) is 37.6 Å². The molecule has 2 heteroatoms. The molecule has 2 aliphatic rings. The van der Waals surface area contributed by atoms with Crippen molar-refractivity contribution in [2.45, 2.75) is 71.8 Å². The molecule has 1 saturated heterocycles. The van der Waals surface area contributed by atoms with E-state index < -0.39 is 0 Å². The van der Waals surface area contributed by atoms with Crippen LogP contribution in [0.4, 0.5) is 0 Å². The SMILES string of the molecule is CCCC1CCN(CC2CCCC(C)(C)C2NC)CC1. The zero-order chi connectivity index (χ0) is 14.6. The van der Waals surface area contributed by atoms with Gasteiger partial charge in [0, 0.05) is 12.6 Å². The van der Waals surface area contributed by atoms with E-state index in [1.54, 1.807) is 0 Å². The highest BCUT2D eigenvalue weighted by atomic mass is 15.1. The largest absolute Gasteiger partial charge is 0.316 e. The first kappa shape index (κ1) is 16.3. The second-order valence-corrected chi connectivity index (χ2v) is 7.94. The molecule has 0 aromatic heterocycles. The number of hydrogen-bond acceptors (Lipinski definition) is 2. The van der Waals surface area contributed by atoms with Gasteiger partial charge in [-0.05, 0) is 63.1 Å². The fraction of sp³-hybridized carbons (Fsp3) is 1.00. The van der Waals surface area contributed by atoms with Crippen molar-refractivity contribution in [3.8, 4) is 0 Å². The van der Waals surface area contributed by atoms with E-state index in [1.807, 2.05) is 0 Å². The first-order chi connectivity index (χ1) is 9.56. The highest BCUT2D eigenvalue weighted by Crippen LogP contribution is 2.39. The van der Waals surface area contributed by atoms with Crippen LogP contribution in [0.15, 0.2) is 0 Å². The molecule has 0 radical (unpaired) electrons. The van der Waals surface area contributed by atoms with Gasteiger partial charge in [0.15, 0.2) is 0 Å². The minimum atomic E-state index is 0.470. The van der Waals surface area contributed by atoms with Gasteiger partial charge in [-0.15, -0.1) is 0 Å². The zero-order valence-corrected chi connectivity index (χ0v) is 14.3. The summed E-state index contributed by atoms with van der Waals surface area (Å²) in [6.45, 7) is 11.2. The maximum Gasteiger partial charge on any atom is 0.0156 e. The van der Waals surface area contributed by atoms with Gasteiger partial charge in [0.25, 0.3) is 0 Å². The van der Waals surface area contributed by atoms with E-state index in [4.69, 9.17) is 0 Å². The lowest BCUT2D eigenvalue weighted by atomic mass is 9.67. The second kappa shape index (κ2) is 7.26. The molecule has 118 valence electrons. The Bertz CT molecular complexity index is 279. The van der Waals surface area contributed by atoms with Crippen molar-refractivity contribution in [2.75, 3.05) is 26.7 Å². The third kappa shape index (κ3) is 3.98. The summed E-state index contributed by atoms with van der Waals surface area (Å²) in [7, 11) is 2.16. The van der Waals surface area contributed by atoms with E-state index in [9.17, 15) is 0 Å². The van der Waals surface area contributed by atoms with Gasteiger partial charge in [-0.2, -0.15) is 0 Å². The van der Waals surface area contributed by atoms with E-state index in [-0.39, 0.29) is 0 Å². The van der Waals surface area contributed by atoms with E-state index in [1.165, 1.54) is 64.6 Å². The third-order valence-electron chi connectivity index (χ3n) is 5.92. The number of nitrogens with zero attached hydrogens (tertiary/aromatic N) is 1. The van der Waals surface area contributed by atoms with Gasteiger partial charge in [-0.3, -0.25) is 0 Å². The van der Waals surface area contributed by atoms with Gasteiger partial charge >= 0.3 is 0 Å². The van der Waals surface area contributed by atoms with Crippen molar-refractivity contribution in [3.05, 3.63) is 0 Å². The molecule has 0 amide bonds. The Morgan fingerprint density at radius 1 is 1.15 bits per heavy atom. The molecule has 1 heterocycles. The van der Waals surface area contributed by atoms with Crippen LogP contribution in [-0.2, 0) is 0 Å². The molecule has 20 heavy (non-hydrogen) atoms. The minimum absolute atomic E-state index is 0.470. The summed E-state index contributed by atoms with van der Waals surface area (Å²) in [5.41, 5.74) is 0.470. The van der Waals surface area contributed by atoms with Crippen LogP contribution in [0.5, 0.6) is 0 Å². The van der Waals surface area contributed by atoms with Crippen LogP contribution in [0.25, 0.3) is 0 Å². The molecule has 1 saturated carbocycles. The maximum atomic E-state index is 3.64. The lowest BCUT2D eigenvalue weighted by molar-refractivity contribution is 0.0698. The van der Waals surface area contributed by atoms with Crippen LogP contribution in [0, 0.1) is 17.3 Å². The summed E-state index contributed by atoms with van der Waals surface area (Å²) < 4.78 is 0. The summed E-state index contributed by atoms with van der Waals surface area (Å²) in [5, 5.41) is 3.64. The first-order valence-electron chi connectivity index (χ1n) is 8.96. The molecule has 0 aromatic carbocycles. The zero-order valence-electron chi connectivity index (χ0n) is 14.3. The maximum absolute atomic E-state index is 3.64. The highest BCUT2D eigenvalue weighted by Gasteiger charge is 2.38. The Balaban J connectivity index is 1.83. The Morgan fingerprint density at radius 3 is 2.45 bits per heavy atom. The van der Waals surface area contributed by atoms with E-state index >= 15 is 0 Å². The average Bonchev–Trinajstić information content (AvgIpc) is 2.41. The van der Waals surface area contributed by atoms with E-state index in [0.29, 0.717) is 11.5 Å². The monoisotopic (exact) mass is 280 g/mol. The van der Waals surface area contributed by atoms with Gasteiger partial charge in [-0.25, -0.2) is 0 Å². The molecule has 2 fully saturated rings. The molecule has 0 aromatic rings. The second-order valence-electron chi connectivity index (χ2n) is 7.94. The molecule has 0 bridgehead atoms. The Labute approximate surface area is 126 Å². The quantitative estimate of drug-likeness (QED) is 0.821. The standard InChI is InChI=1S/C18H36N2/c1-5-7-15-9-12-20(13-10-15)14-16-8-6-11-18(2,3)17(16)19-4/h15-17,19H,5-14H2,1-4H3. The number of nitrogens with one attached hydrogen (secondary N) is 1. The molecule has 2 unspecified atom stereocenters. The van der Waals surface area contributed by atoms with E-state index in [0.717, 1.165) is 11.8 Å². The molecule has 2 rings (SSSR count). The number of likely N-dealkylation sites (tertiary alicyclic amines) is 1. The average molecular weight is 281 g/mol. The van der Waals surface area contributed by atoms with Crippen LogP contribution in [0.1, 0.15) is 65.7 Å². The lowest BCUT2D eigenvalue weighted by Crippen LogP contribution is -2.52. The predicted molar refractivity (Wildman–Crippen MR) is 88.0 cm³/mol. The first-order valence-corrected chi connectivity index (χ1v) is 8.96. The normalized spacial score (nSPS) is 32.4. The van der Waals surface area contributed by atoms with Gasteiger partial charge in [0.1, 0.15) is 0 Å². The van der Waals surface area contributed by atoms with Gasteiger partial charge in [0.2, 0.25) is 0 Å². The van der Waals surface area contributed by atoms with Crippen LogP contribution in [0.3, 0.4) is 0 Å². The van der Waals surface area contributed by atoms with Crippen molar-refractivity contribution >= 4 is 0 Å². The summed E-state index contributed by atoms with van der Waals surface area (Å²) in [4.78, 5) is 2.75. The van der Waals surface area contributed by atoms with E-state index in [2.05, 4.69) is 38.0 Å². The Morgan fingerprint density at radius 2 is 1.85 bits per heavy atom. The fourth-order valence-corrected chi connectivity index (χ4v) is 4.80. The Kier molecular flexibility index (Phi) is 5.92. The molecular formula is C18H36N2. The number of rotatable bonds is 5. The molecule has 0 spiro atoms. The summed E-state index contributed by atoms with van der Waals surface area (Å²) in [5.74, 6) is 1.87. The van der Waals surface area contributed by atoms with Gasteiger partial charge < -0.3 is 10.2 Å². The molecule has 1 aliphatic heterocycles. The lowest BCUT2D eigenvalue weighted by Gasteiger charge is -2.46. The molecular weight excluding hydrogens is 244 g/mol. The van der Waals surface area contributed by atoms with Crippen LogP contribution < -0.4 is 5.32 Å². The topological polar surface area (TPSA) is 15.3 Å². The molecule has 1 N–H and O–H groups in total. The number of hydrogen-bond donors (Lipinski definition) is 1. The van der Waals surface area contributed by atoms with Gasteiger partial charge in [-0.1, -0.05) is 40.0 Å². The smallest absolute Gasteiger partial charge is 0.0156 e. The third-order valence-corrected chi connectivity index (χ3v) is 5.92. The minimum Gasteiger partial charge on any atom is -0.316 e. The van der Waals surface area contributed by atoms with Crippen molar-refractivity contribution in [1.29, 1.82) is 0 Å². The van der Waals surface area contributed by atoms with Gasteiger partial charge in [0.05, 0.1) is 0 Å². The highest BCUT2D eigenvalue weighted by molar-refractivity contribution is 4.94. The fourth-order valence-electron chi connectivity index (χ4n) is 4.80. The van der Waals surface area contributed by atoms with Crippen LogP contribution in [0.2, 0.25) is 0 Å². The van der Waals surface area contributed by atoms with Crippen molar-refractivity contribution in [1.82, 2.24) is 10.2 Å². The van der Waals surface area contributed by atoms with Crippen molar-refractivity contribution in [2.24, 2.45) is 17.3 Å². The summed E-state index contributed by atoms with van der Waals surface area (Å²) in [6.07, 6.45) is 9.91.